The maximum atomic E-state index is 12.0. The molecule has 0 spiro atoms. The Labute approximate surface area is 121 Å². The van der Waals surface area contributed by atoms with Crippen molar-refractivity contribution in [3.63, 3.8) is 0 Å². The van der Waals surface area contributed by atoms with Crippen LogP contribution >= 0.6 is 0 Å². The van der Waals surface area contributed by atoms with Gasteiger partial charge < -0.3 is 10.4 Å². The number of aliphatic hydroxyl groups is 1. The Morgan fingerprint density at radius 2 is 1.65 bits per heavy atom. The molecule has 0 saturated heterocycles. The van der Waals surface area contributed by atoms with Gasteiger partial charge in [0, 0.05) is 11.7 Å². The second-order valence-electron chi connectivity index (χ2n) is 5.48. The third-order valence-corrected chi connectivity index (χ3v) is 4.58. The van der Waals surface area contributed by atoms with Gasteiger partial charge in [-0.15, -0.1) is 0 Å². The fourth-order valence-corrected chi connectivity index (χ4v) is 3.00. The van der Waals surface area contributed by atoms with Crippen LogP contribution in [0.4, 0.5) is 5.69 Å². The van der Waals surface area contributed by atoms with Crippen LogP contribution in [0.25, 0.3) is 0 Å². The van der Waals surface area contributed by atoms with Crippen LogP contribution in [0.5, 0.6) is 0 Å². The maximum Gasteiger partial charge on any atom is 0.240 e. The highest BCUT2D eigenvalue weighted by Gasteiger charge is 2.16. The molecule has 1 atom stereocenters. The highest BCUT2D eigenvalue weighted by Crippen LogP contribution is 2.16. The molecular weight excluding hydrogens is 276 g/mol. The molecule has 0 unspecified atom stereocenters. The molecule has 5 nitrogen and oxygen atoms in total. The van der Waals surface area contributed by atoms with E-state index in [1.807, 2.05) is 13.8 Å². The number of nitrogens with one attached hydrogen (secondary N) is 2. The Kier molecular flexibility index (Phi) is 5.98. The number of sulfonamides is 1. The number of rotatable bonds is 7. The van der Waals surface area contributed by atoms with E-state index in [0.29, 0.717) is 0 Å². The first-order chi connectivity index (χ1) is 9.26. The molecule has 0 aliphatic heterocycles. The summed E-state index contributed by atoms with van der Waals surface area (Å²) >= 11 is 0. The normalized spacial score (nSPS) is 13.8. The minimum Gasteiger partial charge on any atom is -0.394 e. The van der Waals surface area contributed by atoms with E-state index in [9.17, 15) is 13.5 Å². The first-order valence-electron chi connectivity index (χ1n) is 6.76. The minimum absolute atomic E-state index is 0.0343. The predicted octanol–water partition coefficient (Wildman–Crippen LogP) is 1.80. The van der Waals surface area contributed by atoms with Crippen LogP contribution in [0.15, 0.2) is 29.2 Å². The average Bonchev–Trinajstić information content (AvgIpc) is 2.34. The Bertz CT molecular complexity index is 510. The van der Waals surface area contributed by atoms with Gasteiger partial charge in [-0.05, 0) is 44.0 Å². The van der Waals surface area contributed by atoms with E-state index in [0.717, 1.165) is 5.69 Å². The van der Waals surface area contributed by atoms with E-state index in [1.165, 1.54) is 0 Å². The van der Waals surface area contributed by atoms with E-state index < -0.39 is 10.0 Å². The summed E-state index contributed by atoms with van der Waals surface area (Å²) in [4.78, 5) is 0.238. The van der Waals surface area contributed by atoms with E-state index in [2.05, 4.69) is 10.0 Å². The molecule has 0 radical (unpaired) electrons. The Morgan fingerprint density at radius 1 is 1.10 bits per heavy atom. The third-order valence-electron chi connectivity index (χ3n) is 2.91. The molecule has 1 aromatic carbocycles. The summed E-state index contributed by atoms with van der Waals surface area (Å²) in [5.74, 6) is 0.283. The predicted molar refractivity (Wildman–Crippen MR) is 81.2 cm³/mol. The molecule has 0 aromatic heterocycles. The van der Waals surface area contributed by atoms with Gasteiger partial charge in [-0.25, -0.2) is 13.1 Å². The lowest BCUT2D eigenvalue weighted by Gasteiger charge is -2.21. The number of hydrogen-bond acceptors (Lipinski definition) is 4. The quantitative estimate of drug-likeness (QED) is 0.717. The van der Waals surface area contributed by atoms with Gasteiger partial charge in [0.05, 0.1) is 17.5 Å². The average molecular weight is 300 g/mol. The van der Waals surface area contributed by atoms with Crippen LogP contribution in [-0.4, -0.2) is 32.2 Å². The van der Waals surface area contributed by atoms with Crippen LogP contribution in [0, 0.1) is 5.92 Å². The molecule has 0 fully saturated rings. The van der Waals surface area contributed by atoms with Crippen molar-refractivity contribution in [2.24, 2.45) is 5.92 Å². The molecule has 3 N–H and O–H groups in total. The van der Waals surface area contributed by atoms with E-state index in [4.69, 9.17) is 0 Å². The van der Waals surface area contributed by atoms with Crippen molar-refractivity contribution in [2.45, 2.75) is 44.7 Å². The molecule has 1 aromatic rings. The van der Waals surface area contributed by atoms with Gasteiger partial charge >= 0.3 is 0 Å². The molecule has 0 saturated carbocycles. The molecule has 0 heterocycles. The van der Waals surface area contributed by atoms with Gasteiger partial charge in [-0.3, -0.25) is 0 Å². The molecular formula is C14H24N2O3S. The lowest BCUT2D eigenvalue weighted by Crippen LogP contribution is -2.30. The van der Waals surface area contributed by atoms with Crippen molar-refractivity contribution in [2.75, 3.05) is 11.9 Å². The zero-order valence-electron chi connectivity index (χ0n) is 12.4. The zero-order valence-corrected chi connectivity index (χ0v) is 13.2. The van der Waals surface area contributed by atoms with Crippen LogP contribution in [0.1, 0.15) is 27.7 Å². The number of benzene rings is 1. The van der Waals surface area contributed by atoms with Gasteiger partial charge in [0.1, 0.15) is 0 Å². The molecule has 0 aliphatic rings. The fraction of sp³-hybridized carbons (Fsp3) is 0.571. The summed E-state index contributed by atoms with van der Waals surface area (Å²) in [6.45, 7) is 7.62. The monoisotopic (exact) mass is 300 g/mol. The molecule has 6 heteroatoms. The third kappa shape index (κ3) is 4.77. The topological polar surface area (TPSA) is 78.4 Å². The van der Waals surface area contributed by atoms with Gasteiger partial charge in [0.2, 0.25) is 10.0 Å². The first-order valence-corrected chi connectivity index (χ1v) is 8.24. The van der Waals surface area contributed by atoms with Crippen molar-refractivity contribution in [1.29, 1.82) is 0 Å². The van der Waals surface area contributed by atoms with E-state index in [1.54, 1.807) is 38.1 Å². The van der Waals surface area contributed by atoms with Crippen molar-refractivity contribution >= 4 is 15.7 Å². The molecule has 0 amide bonds. The standard InChI is InChI=1S/C14H24N2O3S/c1-10(2)14(9-17)15-12-5-7-13(8-6-12)20(18,19)16-11(3)4/h5-8,10-11,14-17H,9H2,1-4H3/t14-/m1/s1. The zero-order chi connectivity index (χ0) is 15.3. The van der Waals surface area contributed by atoms with E-state index in [-0.39, 0.29) is 29.5 Å². The highest BCUT2D eigenvalue weighted by molar-refractivity contribution is 7.89. The molecule has 20 heavy (non-hydrogen) atoms. The summed E-state index contributed by atoms with van der Waals surface area (Å²) in [7, 11) is -3.45. The summed E-state index contributed by atoms with van der Waals surface area (Å²) in [5.41, 5.74) is 0.793. The molecule has 114 valence electrons. The maximum absolute atomic E-state index is 12.0. The number of hydrogen-bond donors (Lipinski definition) is 3. The summed E-state index contributed by atoms with van der Waals surface area (Å²) in [5, 5.41) is 12.5. The van der Waals surface area contributed by atoms with Crippen molar-refractivity contribution in [1.82, 2.24) is 4.72 Å². The lowest BCUT2D eigenvalue weighted by atomic mass is 10.1. The Morgan fingerprint density at radius 3 is 2.05 bits per heavy atom. The first kappa shape index (κ1) is 16.9. The lowest BCUT2D eigenvalue weighted by molar-refractivity contribution is 0.249. The Balaban J connectivity index is 2.84. The number of aliphatic hydroxyl groups excluding tert-OH is 1. The fourth-order valence-electron chi connectivity index (χ4n) is 1.75. The molecule has 0 aliphatic carbocycles. The van der Waals surface area contributed by atoms with Crippen LogP contribution in [0.2, 0.25) is 0 Å². The Hall–Kier alpha value is -1.11. The summed E-state index contributed by atoms with van der Waals surface area (Å²) < 4.78 is 26.5. The molecule has 1 rings (SSSR count). The van der Waals surface area contributed by atoms with Crippen LogP contribution in [-0.2, 0) is 10.0 Å². The van der Waals surface area contributed by atoms with Crippen molar-refractivity contribution in [3.05, 3.63) is 24.3 Å². The highest BCUT2D eigenvalue weighted by atomic mass is 32.2. The number of anilines is 1. The van der Waals surface area contributed by atoms with Crippen molar-refractivity contribution in [3.8, 4) is 0 Å². The van der Waals surface area contributed by atoms with Crippen molar-refractivity contribution < 1.29 is 13.5 Å². The SMILES string of the molecule is CC(C)NS(=O)(=O)c1ccc(N[C@H](CO)C(C)C)cc1. The summed E-state index contributed by atoms with van der Waals surface area (Å²) in [6, 6.07) is 6.34. The summed E-state index contributed by atoms with van der Waals surface area (Å²) in [6.07, 6.45) is 0. The second kappa shape index (κ2) is 7.06. The smallest absolute Gasteiger partial charge is 0.240 e. The minimum atomic E-state index is -3.45. The molecule has 0 bridgehead atoms. The second-order valence-corrected chi connectivity index (χ2v) is 7.19. The van der Waals surface area contributed by atoms with Gasteiger partial charge in [-0.1, -0.05) is 13.8 Å². The largest absolute Gasteiger partial charge is 0.394 e. The van der Waals surface area contributed by atoms with Gasteiger partial charge in [0.25, 0.3) is 0 Å². The van der Waals surface area contributed by atoms with E-state index >= 15 is 0 Å². The van der Waals surface area contributed by atoms with Gasteiger partial charge in [0.15, 0.2) is 0 Å². The van der Waals surface area contributed by atoms with Crippen LogP contribution in [0.3, 0.4) is 0 Å². The van der Waals surface area contributed by atoms with Gasteiger partial charge in [-0.2, -0.15) is 0 Å². The van der Waals surface area contributed by atoms with Crippen LogP contribution < -0.4 is 10.0 Å².